The highest BCUT2D eigenvalue weighted by atomic mass is 16.4. The van der Waals surface area contributed by atoms with Gasteiger partial charge in [-0.25, -0.2) is 4.98 Å². The highest BCUT2D eigenvalue weighted by Crippen LogP contribution is 2.53. The molecule has 17 heavy (non-hydrogen) atoms. The maximum absolute atomic E-state index is 5.79. The zero-order valence-corrected chi connectivity index (χ0v) is 9.89. The van der Waals surface area contributed by atoms with Gasteiger partial charge < -0.3 is 10.2 Å². The van der Waals surface area contributed by atoms with E-state index in [0.717, 1.165) is 18.6 Å². The average Bonchev–Trinajstić information content (AvgIpc) is 3.00. The van der Waals surface area contributed by atoms with Crippen LogP contribution in [-0.2, 0) is 5.41 Å². The van der Waals surface area contributed by atoms with Crippen LogP contribution >= 0.6 is 0 Å². The lowest BCUT2D eigenvalue weighted by molar-refractivity contribution is 0.412. The minimum Gasteiger partial charge on any atom is -0.443 e. The van der Waals surface area contributed by atoms with Crippen molar-refractivity contribution in [2.24, 2.45) is 5.73 Å². The molecule has 0 spiro atoms. The third kappa shape index (κ3) is 1.67. The van der Waals surface area contributed by atoms with Crippen LogP contribution in [0.4, 0.5) is 0 Å². The summed E-state index contributed by atoms with van der Waals surface area (Å²) in [6.07, 6.45) is 4.09. The van der Waals surface area contributed by atoms with E-state index in [1.54, 1.807) is 0 Å². The molecule has 3 nitrogen and oxygen atoms in total. The second-order valence-electron chi connectivity index (χ2n) is 4.80. The molecule has 1 aromatic carbocycles. The lowest BCUT2D eigenvalue weighted by atomic mass is 9.94. The summed E-state index contributed by atoms with van der Waals surface area (Å²) in [5.41, 5.74) is 7.14. The van der Waals surface area contributed by atoms with Crippen molar-refractivity contribution in [3.63, 3.8) is 0 Å². The summed E-state index contributed by atoms with van der Waals surface area (Å²) in [5, 5.41) is 0. The lowest BCUT2D eigenvalue weighted by Crippen LogP contribution is -2.07. The van der Waals surface area contributed by atoms with Crippen LogP contribution in [0.3, 0.4) is 0 Å². The number of rotatable bonds is 3. The number of nitrogens with zero attached hydrogens (tertiary/aromatic N) is 1. The smallest absolute Gasteiger partial charge is 0.211 e. The first-order valence-corrected chi connectivity index (χ1v) is 6.00. The van der Waals surface area contributed by atoms with E-state index in [9.17, 15) is 0 Å². The largest absolute Gasteiger partial charge is 0.443 e. The van der Waals surface area contributed by atoms with Crippen LogP contribution in [0, 0.1) is 0 Å². The Labute approximate surface area is 101 Å². The molecule has 1 aliphatic carbocycles. The van der Waals surface area contributed by atoms with Crippen LogP contribution in [0.2, 0.25) is 0 Å². The SMILES string of the molecule is CC(N)c1ncc(C2(c3ccccc3)CC2)o1. The molecule has 1 saturated carbocycles. The molecule has 2 N–H and O–H groups in total. The van der Waals surface area contributed by atoms with E-state index in [4.69, 9.17) is 10.2 Å². The van der Waals surface area contributed by atoms with Crippen molar-refractivity contribution in [2.45, 2.75) is 31.2 Å². The highest BCUT2D eigenvalue weighted by molar-refractivity contribution is 5.39. The highest BCUT2D eigenvalue weighted by Gasteiger charge is 2.49. The zero-order valence-electron chi connectivity index (χ0n) is 9.89. The summed E-state index contributed by atoms with van der Waals surface area (Å²) >= 11 is 0. The topological polar surface area (TPSA) is 52.0 Å². The maximum Gasteiger partial charge on any atom is 0.211 e. The van der Waals surface area contributed by atoms with Crippen molar-refractivity contribution in [1.29, 1.82) is 0 Å². The summed E-state index contributed by atoms with van der Waals surface area (Å²) in [6, 6.07) is 10.3. The summed E-state index contributed by atoms with van der Waals surface area (Å²) in [5.74, 6) is 1.58. The fraction of sp³-hybridized carbons (Fsp3) is 0.357. The van der Waals surface area contributed by atoms with Gasteiger partial charge in [0.05, 0.1) is 17.7 Å². The molecule has 1 fully saturated rings. The van der Waals surface area contributed by atoms with Gasteiger partial charge in [0.1, 0.15) is 5.76 Å². The van der Waals surface area contributed by atoms with Gasteiger partial charge in [-0.1, -0.05) is 30.3 Å². The van der Waals surface area contributed by atoms with Gasteiger partial charge in [0.2, 0.25) is 5.89 Å². The van der Waals surface area contributed by atoms with Gasteiger partial charge in [-0.3, -0.25) is 0 Å². The Bertz CT molecular complexity index is 512. The van der Waals surface area contributed by atoms with Gasteiger partial charge in [-0.15, -0.1) is 0 Å². The standard InChI is InChI=1S/C14H16N2O/c1-10(15)13-16-9-12(17-13)14(7-8-14)11-5-3-2-4-6-11/h2-6,9-10H,7-8,15H2,1H3. The zero-order chi connectivity index (χ0) is 11.9. The van der Waals surface area contributed by atoms with Gasteiger partial charge in [0.15, 0.2) is 0 Å². The maximum atomic E-state index is 5.79. The number of hydrogen-bond donors (Lipinski definition) is 1. The number of nitrogens with two attached hydrogens (primary N) is 1. The summed E-state index contributed by atoms with van der Waals surface area (Å²) < 4.78 is 5.79. The molecule has 1 atom stereocenters. The van der Waals surface area contributed by atoms with Crippen LogP contribution < -0.4 is 5.73 Å². The van der Waals surface area contributed by atoms with Crippen LogP contribution in [0.25, 0.3) is 0 Å². The molecule has 0 radical (unpaired) electrons. The molecule has 1 aliphatic rings. The molecule has 0 aliphatic heterocycles. The Morgan fingerprint density at radius 1 is 1.29 bits per heavy atom. The number of benzene rings is 1. The van der Waals surface area contributed by atoms with E-state index in [0.29, 0.717) is 5.89 Å². The number of hydrogen-bond acceptors (Lipinski definition) is 3. The first-order chi connectivity index (χ1) is 8.22. The fourth-order valence-electron chi connectivity index (χ4n) is 2.28. The van der Waals surface area contributed by atoms with Gasteiger partial charge in [0, 0.05) is 0 Å². The molecular weight excluding hydrogens is 212 g/mol. The monoisotopic (exact) mass is 228 g/mol. The van der Waals surface area contributed by atoms with Crippen LogP contribution in [0.1, 0.15) is 43.0 Å². The number of aromatic nitrogens is 1. The van der Waals surface area contributed by atoms with Gasteiger partial charge >= 0.3 is 0 Å². The van der Waals surface area contributed by atoms with E-state index in [1.165, 1.54) is 5.56 Å². The first-order valence-electron chi connectivity index (χ1n) is 6.00. The van der Waals surface area contributed by atoms with E-state index in [1.807, 2.05) is 19.2 Å². The van der Waals surface area contributed by atoms with Crippen LogP contribution in [0.5, 0.6) is 0 Å². The van der Waals surface area contributed by atoms with Crippen molar-refractivity contribution in [3.8, 4) is 0 Å². The Morgan fingerprint density at radius 3 is 2.53 bits per heavy atom. The molecule has 2 aromatic rings. The second-order valence-corrected chi connectivity index (χ2v) is 4.80. The van der Waals surface area contributed by atoms with E-state index in [-0.39, 0.29) is 11.5 Å². The molecule has 0 amide bonds. The molecule has 3 rings (SSSR count). The van der Waals surface area contributed by atoms with Gasteiger partial charge in [-0.2, -0.15) is 0 Å². The molecule has 1 unspecified atom stereocenters. The molecule has 88 valence electrons. The van der Waals surface area contributed by atoms with Crippen molar-refractivity contribution in [2.75, 3.05) is 0 Å². The van der Waals surface area contributed by atoms with Crippen molar-refractivity contribution in [3.05, 3.63) is 53.7 Å². The van der Waals surface area contributed by atoms with Gasteiger partial charge in [0.25, 0.3) is 0 Å². The minimum atomic E-state index is -0.143. The fourth-order valence-corrected chi connectivity index (χ4v) is 2.28. The Kier molecular flexibility index (Phi) is 2.30. The van der Waals surface area contributed by atoms with E-state index >= 15 is 0 Å². The van der Waals surface area contributed by atoms with Crippen LogP contribution in [-0.4, -0.2) is 4.98 Å². The summed E-state index contributed by atoms with van der Waals surface area (Å²) in [7, 11) is 0. The predicted molar refractivity (Wildman–Crippen MR) is 65.6 cm³/mol. The Balaban J connectivity index is 1.98. The molecule has 1 aromatic heterocycles. The summed E-state index contributed by atoms with van der Waals surface area (Å²) in [4.78, 5) is 4.26. The van der Waals surface area contributed by atoms with E-state index in [2.05, 4.69) is 29.2 Å². The molecule has 0 saturated heterocycles. The quantitative estimate of drug-likeness (QED) is 0.878. The third-order valence-corrected chi connectivity index (χ3v) is 3.46. The van der Waals surface area contributed by atoms with Gasteiger partial charge in [-0.05, 0) is 25.3 Å². The molecule has 3 heteroatoms. The average molecular weight is 228 g/mol. The molecular formula is C14H16N2O. The molecule has 1 heterocycles. The third-order valence-electron chi connectivity index (χ3n) is 3.46. The van der Waals surface area contributed by atoms with Crippen LogP contribution in [0.15, 0.2) is 40.9 Å². The summed E-state index contributed by atoms with van der Waals surface area (Å²) in [6.45, 7) is 1.89. The predicted octanol–water partition coefficient (Wildman–Crippen LogP) is 2.77. The van der Waals surface area contributed by atoms with E-state index < -0.39 is 0 Å². The Hall–Kier alpha value is -1.61. The van der Waals surface area contributed by atoms with Crippen molar-refractivity contribution < 1.29 is 4.42 Å². The minimum absolute atomic E-state index is 0.0569. The first kappa shape index (κ1) is 10.5. The van der Waals surface area contributed by atoms with Crippen molar-refractivity contribution >= 4 is 0 Å². The normalized spacial score (nSPS) is 18.9. The second kappa shape index (κ2) is 3.70. The number of oxazole rings is 1. The lowest BCUT2D eigenvalue weighted by Gasteiger charge is -2.11. The Morgan fingerprint density at radius 2 is 2.00 bits per heavy atom. The molecule has 0 bridgehead atoms. The van der Waals surface area contributed by atoms with Crippen molar-refractivity contribution in [1.82, 2.24) is 4.98 Å².